The molecule has 19 heavy (non-hydrogen) atoms. The van der Waals surface area contributed by atoms with E-state index in [1.165, 1.54) is 12.1 Å². The monoisotopic (exact) mass is 329 g/mol. The molecule has 1 amide bonds. The van der Waals surface area contributed by atoms with Crippen LogP contribution >= 0.6 is 15.9 Å². The molecule has 2 aromatic rings. The Bertz CT molecular complexity index is 646. The summed E-state index contributed by atoms with van der Waals surface area (Å²) in [4.78, 5) is 11.8. The molecule has 0 heterocycles. The average molecular weight is 330 g/mol. The van der Waals surface area contributed by atoms with Crippen molar-refractivity contribution in [1.82, 2.24) is 0 Å². The molecular formula is C13H7BrF3NO. The van der Waals surface area contributed by atoms with Gasteiger partial charge in [-0.1, -0.05) is 6.07 Å². The third-order valence-corrected chi connectivity index (χ3v) is 3.03. The van der Waals surface area contributed by atoms with E-state index in [0.717, 1.165) is 24.3 Å². The van der Waals surface area contributed by atoms with Gasteiger partial charge in [0.1, 0.15) is 5.82 Å². The Kier molecular flexibility index (Phi) is 3.90. The minimum Gasteiger partial charge on any atom is -0.321 e. The fourth-order valence-corrected chi connectivity index (χ4v) is 1.91. The molecule has 0 bridgehead atoms. The number of amides is 1. The van der Waals surface area contributed by atoms with Gasteiger partial charge >= 0.3 is 0 Å². The molecule has 0 spiro atoms. The molecule has 0 aliphatic rings. The van der Waals surface area contributed by atoms with E-state index in [4.69, 9.17) is 0 Å². The highest BCUT2D eigenvalue weighted by Gasteiger charge is 2.16. The van der Waals surface area contributed by atoms with Crippen LogP contribution in [0.25, 0.3) is 0 Å². The Labute approximate surface area is 115 Å². The van der Waals surface area contributed by atoms with E-state index in [2.05, 4.69) is 21.2 Å². The van der Waals surface area contributed by atoms with Gasteiger partial charge in [0, 0.05) is 4.47 Å². The molecule has 0 saturated heterocycles. The maximum Gasteiger partial charge on any atom is 0.258 e. The molecule has 0 radical (unpaired) electrons. The fourth-order valence-electron chi connectivity index (χ4n) is 1.46. The lowest BCUT2D eigenvalue weighted by Crippen LogP contribution is -2.14. The second-order valence-corrected chi connectivity index (χ2v) is 4.53. The first-order valence-electron chi connectivity index (χ1n) is 5.19. The molecule has 6 heteroatoms. The topological polar surface area (TPSA) is 29.1 Å². The number of anilines is 1. The zero-order chi connectivity index (χ0) is 14.0. The van der Waals surface area contributed by atoms with Crippen LogP contribution in [0, 0.1) is 17.5 Å². The van der Waals surface area contributed by atoms with Gasteiger partial charge in [-0.2, -0.15) is 0 Å². The molecule has 0 atom stereocenters. The summed E-state index contributed by atoms with van der Waals surface area (Å²) in [6.07, 6.45) is 0. The molecule has 98 valence electrons. The first-order chi connectivity index (χ1) is 8.99. The summed E-state index contributed by atoms with van der Waals surface area (Å²) >= 11 is 3.06. The molecule has 0 aromatic heterocycles. The third-order valence-electron chi connectivity index (χ3n) is 2.38. The first-order valence-corrected chi connectivity index (χ1v) is 5.99. The van der Waals surface area contributed by atoms with Crippen LogP contribution in [0.3, 0.4) is 0 Å². The molecule has 2 rings (SSSR count). The maximum absolute atomic E-state index is 13.4. The van der Waals surface area contributed by atoms with Crippen LogP contribution in [0.15, 0.2) is 40.9 Å². The van der Waals surface area contributed by atoms with E-state index in [-0.39, 0.29) is 5.69 Å². The Balaban J connectivity index is 2.28. The zero-order valence-corrected chi connectivity index (χ0v) is 11.0. The van der Waals surface area contributed by atoms with Crippen molar-refractivity contribution >= 4 is 27.5 Å². The highest BCUT2D eigenvalue weighted by atomic mass is 79.9. The maximum atomic E-state index is 13.4. The van der Waals surface area contributed by atoms with Crippen LogP contribution in [0.4, 0.5) is 18.9 Å². The van der Waals surface area contributed by atoms with E-state index < -0.39 is 28.9 Å². The van der Waals surface area contributed by atoms with Gasteiger partial charge in [0.25, 0.3) is 5.91 Å². The van der Waals surface area contributed by atoms with Gasteiger partial charge in [-0.15, -0.1) is 0 Å². The van der Waals surface area contributed by atoms with Crippen molar-refractivity contribution < 1.29 is 18.0 Å². The van der Waals surface area contributed by atoms with Crippen LogP contribution < -0.4 is 5.32 Å². The number of halogens is 4. The summed E-state index contributed by atoms with van der Waals surface area (Å²) in [7, 11) is 0. The second kappa shape index (κ2) is 5.44. The van der Waals surface area contributed by atoms with E-state index in [0.29, 0.717) is 4.47 Å². The molecule has 0 aliphatic heterocycles. The first kappa shape index (κ1) is 13.6. The predicted octanol–water partition coefficient (Wildman–Crippen LogP) is 4.12. The Hall–Kier alpha value is -1.82. The minimum atomic E-state index is -1.22. The third kappa shape index (κ3) is 2.96. The van der Waals surface area contributed by atoms with E-state index >= 15 is 0 Å². The lowest BCUT2D eigenvalue weighted by Gasteiger charge is -2.08. The summed E-state index contributed by atoms with van der Waals surface area (Å²) in [5, 5.41) is 2.36. The lowest BCUT2D eigenvalue weighted by atomic mass is 10.2. The summed E-state index contributed by atoms with van der Waals surface area (Å²) in [6, 6.07) is 6.91. The number of hydrogen-bond acceptors (Lipinski definition) is 1. The molecule has 0 aliphatic carbocycles. The Morgan fingerprint density at radius 3 is 2.53 bits per heavy atom. The highest BCUT2D eigenvalue weighted by Crippen LogP contribution is 2.24. The van der Waals surface area contributed by atoms with Crippen molar-refractivity contribution in [2.45, 2.75) is 0 Å². The quantitative estimate of drug-likeness (QED) is 0.882. The van der Waals surface area contributed by atoms with Crippen molar-refractivity contribution in [2.24, 2.45) is 0 Å². The second-order valence-electron chi connectivity index (χ2n) is 3.68. The molecule has 0 saturated carbocycles. The summed E-state index contributed by atoms with van der Waals surface area (Å²) in [5.74, 6) is -3.63. The van der Waals surface area contributed by atoms with Crippen LogP contribution in [0.2, 0.25) is 0 Å². The lowest BCUT2D eigenvalue weighted by molar-refractivity contribution is 0.102. The van der Waals surface area contributed by atoms with E-state index in [9.17, 15) is 18.0 Å². The van der Waals surface area contributed by atoms with Crippen molar-refractivity contribution in [3.05, 3.63) is 63.9 Å². The number of rotatable bonds is 2. The van der Waals surface area contributed by atoms with Crippen molar-refractivity contribution in [3.63, 3.8) is 0 Å². The van der Waals surface area contributed by atoms with E-state index in [1.807, 2.05) is 0 Å². The van der Waals surface area contributed by atoms with Crippen molar-refractivity contribution in [1.29, 1.82) is 0 Å². The van der Waals surface area contributed by atoms with Crippen LogP contribution in [-0.4, -0.2) is 5.91 Å². The van der Waals surface area contributed by atoms with Crippen LogP contribution in [-0.2, 0) is 0 Å². The summed E-state index contributed by atoms with van der Waals surface area (Å²) in [6.45, 7) is 0. The molecule has 0 fully saturated rings. The summed E-state index contributed by atoms with van der Waals surface area (Å²) < 4.78 is 39.6. The van der Waals surface area contributed by atoms with Gasteiger partial charge in [-0.05, 0) is 46.3 Å². The normalized spacial score (nSPS) is 10.3. The van der Waals surface area contributed by atoms with Gasteiger partial charge in [0.2, 0.25) is 0 Å². The van der Waals surface area contributed by atoms with Gasteiger partial charge < -0.3 is 5.32 Å². The smallest absolute Gasteiger partial charge is 0.258 e. The van der Waals surface area contributed by atoms with Gasteiger partial charge in [0.05, 0.1) is 11.3 Å². The number of nitrogens with one attached hydrogen (secondary N) is 1. The minimum absolute atomic E-state index is 0.259. The van der Waals surface area contributed by atoms with Crippen molar-refractivity contribution in [3.8, 4) is 0 Å². The standard InChI is InChI=1S/C13H7BrF3NO/c14-9-6-7(15)4-5-11(9)18-13(19)8-2-1-3-10(16)12(8)17/h1-6H,(H,18,19). The molecule has 1 N–H and O–H groups in total. The molecule has 0 unspecified atom stereocenters. The van der Waals surface area contributed by atoms with Crippen LogP contribution in [0.5, 0.6) is 0 Å². The number of carbonyl (C=O) groups excluding carboxylic acids is 1. The zero-order valence-electron chi connectivity index (χ0n) is 9.38. The molecule has 2 nitrogen and oxygen atoms in total. The van der Waals surface area contributed by atoms with Crippen LogP contribution in [0.1, 0.15) is 10.4 Å². The number of benzene rings is 2. The number of hydrogen-bond donors (Lipinski definition) is 1. The van der Waals surface area contributed by atoms with Crippen molar-refractivity contribution in [2.75, 3.05) is 5.32 Å². The van der Waals surface area contributed by atoms with Gasteiger partial charge in [-0.3, -0.25) is 4.79 Å². The SMILES string of the molecule is O=C(Nc1ccc(F)cc1Br)c1cccc(F)c1F. The Morgan fingerprint density at radius 1 is 1.11 bits per heavy atom. The fraction of sp³-hybridized carbons (Fsp3) is 0. The van der Waals surface area contributed by atoms with Gasteiger partial charge in [-0.25, -0.2) is 13.2 Å². The largest absolute Gasteiger partial charge is 0.321 e. The Morgan fingerprint density at radius 2 is 1.84 bits per heavy atom. The van der Waals surface area contributed by atoms with E-state index in [1.54, 1.807) is 0 Å². The molecule has 2 aromatic carbocycles. The highest BCUT2D eigenvalue weighted by molar-refractivity contribution is 9.10. The van der Waals surface area contributed by atoms with Gasteiger partial charge in [0.15, 0.2) is 11.6 Å². The molecular weight excluding hydrogens is 323 g/mol. The predicted molar refractivity (Wildman–Crippen MR) is 68.4 cm³/mol. The average Bonchev–Trinajstić information content (AvgIpc) is 2.36. The summed E-state index contributed by atoms with van der Waals surface area (Å²) in [5.41, 5.74) is -0.161. The number of carbonyl (C=O) groups is 1.